The van der Waals surface area contributed by atoms with Gasteiger partial charge >= 0.3 is 0 Å². The van der Waals surface area contributed by atoms with Gasteiger partial charge in [0.1, 0.15) is 0 Å². The molecule has 2 rings (SSSR count). The fraction of sp³-hybridized carbons (Fsp3) is 0.200. The van der Waals surface area contributed by atoms with Crippen LogP contribution in [0.1, 0.15) is 22.7 Å². The van der Waals surface area contributed by atoms with Crippen LogP contribution in [0, 0.1) is 6.92 Å². The molecular formula is C15H15BrCl2N2. The monoisotopic (exact) mass is 372 g/mol. The van der Waals surface area contributed by atoms with Gasteiger partial charge in [0, 0.05) is 14.5 Å². The van der Waals surface area contributed by atoms with E-state index < -0.39 is 0 Å². The van der Waals surface area contributed by atoms with Gasteiger partial charge in [0.15, 0.2) is 0 Å². The van der Waals surface area contributed by atoms with Gasteiger partial charge < -0.3 is 0 Å². The summed E-state index contributed by atoms with van der Waals surface area (Å²) < 4.78 is 0.961. The number of hydrazine groups is 1. The molecule has 0 saturated heterocycles. The van der Waals surface area contributed by atoms with Gasteiger partial charge in [-0.1, -0.05) is 57.3 Å². The highest BCUT2D eigenvalue weighted by Crippen LogP contribution is 2.29. The maximum absolute atomic E-state index is 6.26. The maximum Gasteiger partial charge on any atom is 0.0503 e. The lowest BCUT2D eigenvalue weighted by Gasteiger charge is -2.20. The van der Waals surface area contributed by atoms with Gasteiger partial charge in [-0.15, -0.1) is 0 Å². The smallest absolute Gasteiger partial charge is 0.0503 e. The van der Waals surface area contributed by atoms with E-state index in [4.69, 9.17) is 29.0 Å². The fourth-order valence-electron chi connectivity index (χ4n) is 2.17. The predicted molar refractivity (Wildman–Crippen MR) is 89.1 cm³/mol. The molecule has 0 aliphatic carbocycles. The molecule has 0 amide bonds. The Morgan fingerprint density at radius 3 is 2.60 bits per heavy atom. The van der Waals surface area contributed by atoms with E-state index in [9.17, 15) is 0 Å². The first-order valence-electron chi connectivity index (χ1n) is 6.18. The zero-order valence-corrected chi connectivity index (χ0v) is 14.1. The summed E-state index contributed by atoms with van der Waals surface area (Å²) in [5.41, 5.74) is 6.00. The van der Waals surface area contributed by atoms with Crippen molar-refractivity contribution in [2.45, 2.75) is 19.4 Å². The van der Waals surface area contributed by atoms with Crippen LogP contribution < -0.4 is 11.3 Å². The summed E-state index contributed by atoms with van der Waals surface area (Å²) in [5.74, 6) is 5.71. The number of nitrogens with two attached hydrogens (primary N) is 1. The second-order valence-corrected chi connectivity index (χ2v) is 6.34. The largest absolute Gasteiger partial charge is 0.271 e. The molecule has 3 N–H and O–H groups in total. The number of hydrogen-bond donors (Lipinski definition) is 2. The molecule has 0 saturated carbocycles. The van der Waals surface area contributed by atoms with E-state index >= 15 is 0 Å². The molecule has 1 atom stereocenters. The average molecular weight is 374 g/mol. The molecule has 0 radical (unpaired) electrons. The minimum absolute atomic E-state index is 0.0348. The van der Waals surface area contributed by atoms with Gasteiger partial charge in [-0.3, -0.25) is 11.3 Å². The van der Waals surface area contributed by atoms with Crippen molar-refractivity contribution in [3.05, 3.63) is 67.6 Å². The van der Waals surface area contributed by atoms with Gasteiger partial charge in [0.05, 0.1) is 6.04 Å². The third-order valence-electron chi connectivity index (χ3n) is 3.33. The summed E-state index contributed by atoms with van der Waals surface area (Å²) in [5, 5.41) is 1.46. The molecule has 0 aromatic heterocycles. The highest BCUT2D eigenvalue weighted by atomic mass is 79.9. The van der Waals surface area contributed by atoms with Crippen LogP contribution in [0.4, 0.5) is 0 Å². The summed E-state index contributed by atoms with van der Waals surface area (Å²) in [4.78, 5) is 0. The lowest BCUT2D eigenvalue weighted by atomic mass is 9.96. The Balaban J connectivity index is 2.31. The number of halogens is 3. The van der Waals surface area contributed by atoms with Crippen LogP contribution in [0.25, 0.3) is 0 Å². The first kappa shape index (κ1) is 15.8. The van der Waals surface area contributed by atoms with E-state index in [0.717, 1.165) is 31.2 Å². The molecule has 106 valence electrons. The van der Waals surface area contributed by atoms with E-state index in [1.54, 1.807) is 0 Å². The number of benzene rings is 2. The zero-order valence-electron chi connectivity index (χ0n) is 11.0. The molecule has 1 unspecified atom stereocenters. The first-order chi connectivity index (χ1) is 9.52. The molecule has 0 heterocycles. The Kier molecular flexibility index (Phi) is 5.47. The lowest BCUT2D eigenvalue weighted by Crippen LogP contribution is -2.30. The van der Waals surface area contributed by atoms with Gasteiger partial charge in [-0.05, 0) is 48.2 Å². The lowest BCUT2D eigenvalue weighted by molar-refractivity contribution is 0.549. The van der Waals surface area contributed by atoms with E-state index in [0.29, 0.717) is 6.42 Å². The van der Waals surface area contributed by atoms with Crippen LogP contribution in [-0.2, 0) is 6.42 Å². The van der Waals surface area contributed by atoms with Crippen molar-refractivity contribution in [1.29, 1.82) is 0 Å². The van der Waals surface area contributed by atoms with Crippen molar-refractivity contribution in [2.75, 3.05) is 0 Å². The summed E-state index contributed by atoms with van der Waals surface area (Å²) >= 11 is 15.8. The quantitative estimate of drug-likeness (QED) is 0.596. The van der Waals surface area contributed by atoms with Crippen molar-refractivity contribution in [3.63, 3.8) is 0 Å². The molecule has 0 bridgehead atoms. The van der Waals surface area contributed by atoms with Crippen LogP contribution in [-0.4, -0.2) is 0 Å². The van der Waals surface area contributed by atoms with Crippen LogP contribution in [0.2, 0.25) is 10.0 Å². The minimum atomic E-state index is -0.0348. The van der Waals surface area contributed by atoms with Crippen molar-refractivity contribution in [3.8, 4) is 0 Å². The van der Waals surface area contributed by atoms with Crippen molar-refractivity contribution >= 4 is 39.1 Å². The molecule has 2 aromatic rings. The Morgan fingerprint density at radius 1 is 1.20 bits per heavy atom. The highest BCUT2D eigenvalue weighted by Gasteiger charge is 2.16. The van der Waals surface area contributed by atoms with Crippen molar-refractivity contribution in [1.82, 2.24) is 5.43 Å². The van der Waals surface area contributed by atoms with Gasteiger partial charge in [0.2, 0.25) is 0 Å². The molecule has 0 aliphatic heterocycles. The maximum atomic E-state index is 6.26. The normalized spacial score (nSPS) is 12.4. The highest BCUT2D eigenvalue weighted by molar-refractivity contribution is 9.10. The topological polar surface area (TPSA) is 38.0 Å². The summed E-state index contributed by atoms with van der Waals surface area (Å²) in [7, 11) is 0. The second-order valence-electron chi connectivity index (χ2n) is 4.61. The number of nitrogens with one attached hydrogen (secondary N) is 1. The van der Waals surface area contributed by atoms with Crippen LogP contribution in [0.15, 0.2) is 40.9 Å². The predicted octanol–water partition coefficient (Wildman–Crippen LogP) is 4.81. The van der Waals surface area contributed by atoms with Crippen molar-refractivity contribution < 1.29 is 0 Å². The van der Waals surface area contributed by atoms with Crippen LogP contribution >= 0.6 is 39.1 Å². The zero-order chi connectivity index (χ0) is 14.7. The Bertz CT molecular complexity index is 617. The van der Waals surface area contributed by atoms with Gasteiger partial charge in [0.25, 0.3) is 0 Å². The molecule has 5 heteroatoms. The van der Waals surface area contributed by atoms with E-state index in [1.165, 1.54) is 0 Å². The molecule has 2 nitrogen and oxygen atoms in total. The SMILES string of the molecule is Cc1c(Cl)cccc1C(Cc1ccc(Br)cc1Cl)NN. The second kappa shape index (κ2) is 6.92. The average Bonchev–Trinajstić information content (AvgIpc) is 2.42. The minimum Gasteiger partial charge on any atom is -0.271 e. The van der Waals surface area contributed by atoms with Crippen molar-refractivity contribution in [2.24, 2.45) is 5.84 Å². The fourth-order valence-corrected chi connectivity index (χ4v) is 3.10. The molecule has 20 heavy (non-hydrogen) atoms. The Hall–Kier alpha value is -0.580. The van der Waals surface area contributed by atoms with Gasteiger partial charge in [-0.2, -0.15) is 0 Å². The molecule has 0 spiro atoms. The Morgan fingerprint density at radius 2 is 1.95 bits per heavy atom. The van der Waals surface area contributed by atoms with Gasteiger partial charge in [-0.25, -0.2) is 0 Å². The Labute approximate surface area is 137 Å². The van der Waals surface area contributed by atoms with Crippen LogP contribution in [0.3, 0.4) is 0 Å². The van der Waals surface area contributed by atoms with Crippen LogP contribution in [0.5, 0.6) is 0 Å². The molecule has 0 aliphatic rings. The summed E-state index contributed by atoms with van der Waals surface area (Å²) in [6, 6.07) is 11.6. The third kappa shape index (κ3) is 3.54. The van der Waals surface area contributed by atoms with E-state index in [2.05, 4.69) is 21.4 Å². The summed E-state index contributed by atoms with van der Waals surface area (Å²) in [6.45, 7) is 1.99. The van der Waals surface area contributed by atoms with E-state index in [1.807, 2.05) is 43.3 Å². The summed E-state index contributed by atoms with van der Waals surface area (Å²) in [6.07, 6.45) is 0.698. The third-order valence-corrected chi connectivity index (χ3v) is 4.58. The number of rotatable bonds is 4. The standard InChI is InChI=1S/C15H15BrCl2N2/c1-9-12(3-2-4-13(9)17)15(20-19)7-10-5-6-11(16)8-14(10)18/h2-6,8,15,20H,7,19H2,1H3. The molecular weight excluding hydrogens is 359 g/mol. The van der Waals surface area contributed by atoms with E-state index in [-0.39, 0.29) is 6.04 Å². The number of hydrogen-bond acceptors (Lipinski definition) is 2. The molecule has 0 fully saturated rings. The first-order valence-corrected chi connectivity index (χ1v) is 7.73. The molecule has 2 aromatic carbocycles.